The Morgan fingerprint density at radius 1 is 1.26 bits per heavy atom. The number of carbonyl (C=O) groups is 1. The van der Waals surface area contributed by atoms with Gasteiger partial charge in [0.15, 0.2) is 5.13 Å². The molecule has 3 heterocycles. The van der Waals surface area contributed by atoms with Crippen LogP contribution in [0.25, 0.3) is 10.2 Å². The van der Waals surface area contributed by atoms with E-state index in [0.29, 0.717) is 6.54 Å². The van der Waals surface area contributed by atoms with Crippen LogP contribution in [0.4, 0.5) is 5.13 Å². The molecule has 144 valence electrons. The molecule has 0 bridgehead atoms. The number of nitrogens with zero attached hydrogens (tertiary/aromatic N) is 3. The van der Waals surface area contributed by atoms with Gasteiger partial charge in [-0.3, -0.25) is 14.6 Å². The van der Waals surface area contributed by atoms with Crippen LogP contribution in [0.5, 0.6) is 0 Å². The number of morpholine rings is 1. The van der Waals surface area contributed by atoms with Crippen LogP contribution in [0, 0.1) is 6.92 Å². The summed E-state index contributed by atoms with van der Waals surface area (Å²) in [6.45, 7) is 6.88. The summed E-state index contributed by atoms with van der Waals surface area (Å²) in [5.74, 6) is 0.0324. The highest BCUT2D eigenvalue weighted by Gasteiger charge is 2.23. The molecule has 27 heavy (non-hydrogen) atoms. The first-order chi connectivity index (χ1) is 12.7. The molecule has 1 aliphatic rings. The van der Waals surface area contributed by atoms with Crippen molar-refractivity contribution in [1.82, 2.24) is 9.88 Å². The van der Waals surface area contributed by atoms with E-state index in [1.54, 1.807) is 11.3 Å². The van der Waals surface area contributed by atoms with Crippen molar-refractivity contribution in [1.29, 1.82) is 0 Å². The first-order valence-corrected chi connectivity index (χ1v) is 10.4. The van der Waals surface area contributed by atoms with Crippen LogP contribution in [0.15, 0.2) is 35.7 Å². The second kappa shape index (κ2) is 9.12. The van der Waals surface area contributed by atoms with E-state index < -0.39 is 0 Å². The van der Waals surface area contributed by atoms with Crippen LogP contribution in [0.1, 0.15) is 15.2 Å². The predicted octanol–water partition coefficient (Wildman–Crippen LogP) is 4.07. The van der Waals surface area contributed by atoms with E-state index in [2.05, 4.69) is 24.0 Å². The fourth-order valence-electron chi connectivity index (χ4n) is 3.07. The van der Waals surface area contributed by atoms with E-state index in [-0.39, 0.29) is 18.3 Å². The van der Waals surface area contributed by atoms with Gasteiger partial charge in [0.25, 0.3) is 5.91 Å². The standard InChI is InChI=1S/C19H21N3O2S2.ClH/c1-14-4-2-5-15-17(14)20-19(26-15)22(18(23)16-6-3-13-25-16)8-7-21-9-11-24-12-10-21;/h2-6,13H,7-12H2,1H3;1H. The van der Waals surface area contributed by atoms with Gasteiger partial charge < -0.3 is 4.74 Å². The van der Waals surface area contributed by atoms with Crippen LogP contribution in [-0.2, 0) is 4.74 Å². The molecule has 0 saturated carbocycles. The summed E-state index contributed by atoms with van der Waals surface area (Å²) in [4.78, 5) is 22.8. The monoisotopic (exact) mass is 423 g/mol. The summed E-state index contributed by atoms with van der Waals surface area (Å²) in [6.07, 6.45) is 0. The van der Waals surface area contributed by atoms with Crippen molar-refractivity contribution in [3.8, 4) is 0 Å². The quantitative estimate of drug-likeness (QED) is 0.620. The minimum absolute atomic E-state index is 0. The molecular formula is C19H22ClN3O2S2. The lowest BCUT2D eigenvalue weighted by Crippen LogP contribution is -2.43. The van der Waals surface area contributed by atoms with E-state index in [1.165, 1.54) is 11.3 Å². The Morgan fingerprint density at radius 3 is 2.78 bits per heavy atom. The van der Waals surface area contributed by atoms with Crippen molar-refractivity contribution in [2.75, 3.05) is 44.3 Å². The maximum absolute atomic E-state index is 13.1. The van der Waals surface area contributed by atoms with Crippen molar-refractivity contribution >= 4 is 56.3 Å². The third-order valence-electron chi connectivity index (χ3n) is 4.56. The van der Waals surface area contributed by atoms with Gasteiger partial charge in [-0.15, -0.1) is 23.7 Å². The summed E-state index contributed by atoms with van der Waals surface area (Å²) >= 11 is 3.06. The van der Waals surface area contributed by atoms with E-state index >= 15 is 0 Å². The van der Waals surface area contributed by atoms with Gasteiger partial charge in [-0.05, 0) is 30.0 Å². The average molecular weight is 424 g/mol. The fourth-order valence-corrected chi connectivity index (χ4v) is 4.81. The summed E-state index contributed by atoms with van der Waals surface area (Å²) in [7, 11) is 0. The minimum Gasteiger partial charge on any atom is -0.379 e. The molecule has 0 aliphatic carbocycles. The van der Waals surface area contributed by atoms with Crippen LogP contribution in [-0.4, -0.2) is 55.2 Å². The Balaban J connectivity index is 0.00000210. The molecule has 0 unspecified atom stereocenters. The van der Waals surface area contributed by atoms with Gasteiger partial charge in [-0.2, -0.15) is 0 Å². The maximum Gasteiger partial charge on any atom is 0.270 e. The van der Waals surface area contributed by atoms with Gasteiger partial charge in [-0.25, -0.2) is 4.98 Å². The summed E-state index contributed by atoms with van der Waals surface area (Å²) in [5, 5.41) is 2.72. The highest BCUT2D eigenvalue weighted by atomic mass is 35.5. The SMILES string of the molecule is Cc1cccc2sc(N(CCN3CCOCC3)C(=O)c3cccs3)nc12.Cl. The molecule has 1 amide bonds. The van der Waals surface area contributed by atoms with Crippen LogP contribution in [0.2, 0.25) is 0 Å². The number of aryl methyl sites for hydroxylation is 1. The number of carbonyl (C=O) groups excluding carboxylic acids is 1. The number of amides is 1. The van der Waals surface area contributed by atoms with Gasteiger partial charge in [-0.1, -0.05) is 29.5 Å². The minimum atomic E-state index is 0. The van der Waals surface area contributed by atoms with Crippen molar-refractivity contribution in [3.05, 3.63) is 46.2 Å². The zero-order valence-corrected chi connectivity index (χ0v) is 17.5. The lowest BCUT2D eigenvalue weighted by molar-refractivity contribution is 0.0391. The summed E-state index contributed by atoms with van der Waals surface area (Å²) in [6, 6.07) is 9.97. The molecule has 5 nitrogen and oxygen atoms in total. The Bertz CT molecular complexity index is 892. The number of rotatable bonds is 5. The fraction of sp³-hybridized carbons (Fsp3) is 0.368. The normalized spacial score (nSPS) is 14.9. The second-order valence-electron chi connectivity index (χ2n) is 6.31. The lowest BCUT2D eigenvalue weighted by Gasteiger charge is -2.29. The van der Waals surface area contributed by atoms with Crippen LogP contribution in [0.3, 0.4) is 0 Å². The molecule has 1 fully saturated rings. The van der Waals surface area contributed by atoms with E-state index in [4.69, 9.17) is 9.72 Å². The Labute approximate surface area is 173 Å². The molecule has 3 aromatic rings. The molecule has 0 radical (unpaired) electrons. The number of thiazole rings is 1. The number of fused-ring (bicyclic) bond motifs is 1. The number of thiophene rings is 1. The van der Waals surface area contributed by atoms with Gasteiger partial charge in [0.2, 0.25) is 0 Å². The predicted molar refractivity (Wildman–Crippen MR) is 115 cm³/mol. The molecule has 0 N–H and O–H groups in total. The Morgan fingerprint density at radius 2 is 2.07 bits per heavy atom. The van der Waals surface area contributed by atoms with Gasteiger partial charge in [0.1, 0.15) is 0 Å². The average Bonchev–Trinajstić information content (AvgIpc) is 3.33. The zero-order chi connectivity index (χ0) is 17.9. The van der Waals surface area contributed by atoms with Crippen LogP contribution >= 0.6 is 35.1 Å². The van der Waals surface area contributed by atoms with Crippen molar-refractivity contribution < 1.29 is 9.53 Å². The highest BCUT2D eigenvalue weighted by Crippen LogP contribution is 2.31. The molecule has 1 saturated heterocycles. The molecule has 8 heteroatoms. The van der Waals surface area contributed by atoms with E-state index in [1.807, 2.05) is 28.5 Å². The topological polar surface area (TPSA) is 45.7 Å². The third-order valence-corrected chi connectivity index (χ3v) is 6.46. The van der Waals surface area contributed by atoms with Crippen molar-refractivity contribution in [2.45, 2.75) is 6.92 Å². The highest BCUT2D eigenvalue weighted by molar-refractivity contribution is 7.22. The number of para-hydroxylation sites is 1. The number of aromatic nitrogens is 1. The number of benzene rings is 1. The van der Waals surface area contributed by atoms with Gasteiger partial charge >= 0.3 is 0 Å². The van der Waals surface area contributed by atoms with Crippen LogP contribution < -0.4 is 4.90 Å². The second-order valence-corrected chi connectivity index (χ2v) is 8.26. The number of anilines is 1. The largest absolute Gasteiger partial charge is 0.379 e. The smallest absolute Gasteiger partial charge is 0.270 e. The van der Waals surface area contributed by atoms with Gasteiger partial charge in [0.05, 0.1) is 28.3 Å². The molecule has 1 aromatic carbocycles. The molecule has 0 spiro atoms. The molecule has 1 aliphatic heterocycles. The Kier molecular flexibility index (Phi) is 6.83. The Hall–Kier alpha value is -1.51. The molecule has 4 rings (SSSR count). The lowest BCUT2D eigenvalue weighted by atomic mass is 10.2. The number of hydrogen-bond donors (Lipinski definition) is 0. The molecule has 0 atom stereocenters. The third kappa shape index (κ3) is 4.50. The number of ether oxygens (including phenoxy) is 1. The van der Waals surface area contributed by atoms with E-state index in [0.717, 1.165) is 58.6 Å². The first-order valence-electron chi connectivity index (χ1n) is 8.74. The number of hydrogen-bond acceptors (Lipinski definition) is 6. The summed E-state index contributed by atoms with van der Waals surface area (Å²) < 4.78 is 6.54. The van der Waals surface area contributed by atoms with Gasteiger partial charge in [0, 0.05) is 26.2 Å². The first kappa shape index (κ1) is 20.2. The number of halogens is 1. The van der Waals surface area contributed by atoms with E-state index in [9.17, 15) is 4.79 Å². The molecular weight excluding hydrogens is 402 g/mol. The summed E-state index contributed by atoms with van der Waals surface area (Å²) in [5.41, 5.74) is 2.13. The molecule has 2 aromatic heterocycles. The van der Waals surface area contributed by atoms with Crippen molar-refractivity contribution in [2.24, 2.45) is 0 Å². The van der Waals surface area contributed by atoms with Crippen molar-refractivity contribution in [3.63, 3.8) is 0 Å². The zero-order valence-electron chi connectivity index (χ0n) is 15.1. The maximum atomic E-state index is 13.1.